The van der Waals surface area contributed by atoms with Crippen LogP contribution in [0.3, 0.4) is 0 Å². The van der Waals surface area contributed by atoms with E-state index in [1.54, 1.807) is 0 Å². The molecule has 1 fully saturated rings. The molecule has 3 aromatic rings. The molecule has 3 heteroatoms. The van der Waals surface area contributed by atoms with E-state index in [2.05, 4.69) is 77.2 Å². The predicted molar refractivity (Wildman–Crippen MR) is 112 cm³/mol. The highest BCUT2D eigenvalue weighted by Crippen LogP contribution is 2.29. The van der Waals surface area contributed by atoms with Crippen LogP contribution in [0.15, 0.2) is 48.5 Å². The molecular weight excluding hydrogens is 318 g/mol. The van der Waals surface area contributed by atoms with Crippen LogP contribution in [0.5, 0.6) is 0 Å². The number of benzene rings is 2. The lowest BCUT2D eigenvalue weighted by Gasteiger charge is -2.40. The number of rotatable bonds is 6. The highest BCUT2D eigenvalue weighted by molar-refractivity contribution is 6.07. The van der Waals surface area contributed by atoms with Crippen LogP contribution in [0.4, 0.5) is 0 Å². The lowest BCUT2D eigenvalue weighted by Crippen LogP contribution is -2.56. The van der Waals surface area contributed by atoms with E-state index >= 15 is 0 Å². The lowest BCUT2D eigenvalue weighted by atomic mass is 10.0. The largest absolute Gasteiger partial charge is 0.340 e. The zero-order valence-electron chi connectivity index (χ0n) is 16.1. The molecule has 2 heterocycles. The summed E-state index contributed by atoms with van der Waals surface area (Å²) >= 11 is 0. The fourth-order valence-corrected chi connectivity index (χ4v) is 4.55. The van der Waals surface area contributed by atoms with Gasteiger partial charge >= 0.3 is 0 Å². The van der Waals surface area contributed by atoms with Gasteiger partial charge in [0.25, 0.3) is 0 Å². The predicted octanol–water partition coefficient (Wildman–Crippen LogP) is 4.65. The van der Waals surface area contributed by atoms with Gasteiger partial charge in [-0.25, -0.2) is 0 Å². The van der Waals surface area contributed by atoms with Gasteiger partial charge in [0.1, 0.15) is 0 Å². The summed E-state index contributed by atoms with van der Waals surface area (Å²) in [6, 6.07) is 19.0. The van der Waals surface area contributed by atoms with Gasteiger partial charge < -0.3 is 9.88 Å². The van der Waals surface area contributed by atoms with E-state index in [-0.39, 0.29) is 0 Å². The molecule has 0 bridgehead atoms. The van der Waals surface area contributed by atoms with Gasteiger partial charge in [0.2, 0.25) is 0 Å². The van der Waals surface area contributed by atoms with Crippen LogP contribution < -0.4 is 5.32 Å². The molecule has 138 valence electrons. The third kappa shape index (κ3) is 3.26. The monoisotopic (exact) mass is 349 g/mol. The summed E-state index contributed by atoms with van der Waals surface area (Å²) < 4.78 is 2.52. The molecule has 26 heavy (non-hydrogen) atoms. The second-order valence-corrected chi connectivity index (χ2v) is 7.61. The molecule has 1 aliphatic rings. The van der Waals surface area contributed by atoms with Crippen molar-refractivity contribution in [1.29, 1.82) is 0 Å². The number of aryl methyl sites for hydroxylation is 1. The van der Waals surface area contributed by atoms with Gasteiger partial charge in [0.05, 0.1) is 0 Å². The number of nitrogens with one attached hydrogen (secondary N) is 1. The van der Waals surface area contributed by atoms with E-state index < -0.39 is 0 Å². The number of nitrogens with zero attached hydrogens (tertiary/aromatic N) is 2. The third-order valence-corrected chi connectivity index (χ3v) is 6.08. The molecule has 2 aromatic carbocycles. The van der Waals surface area contributed by atoms with Gasteiger partial charge in [0, 0.05) is 60.1 Å². The standard InChI is InChI=1S/C23H31N3/c1-3-18-17-25(19(4-2)16-24-18)14-9-15-26-22-12-7-5-10-20(22)21-11-6-8-13-23(21)26/h5-8,10-13,18-19,24H,3-4,9,14-17H2,1-2H3/t18-,19-/m0/s1. The quantitative estimate of drug-likeness (QED) is 0.699. The second kappa shape index (κ2) is 7.81. The molecule has 0 saturated carbocycles. The minimum absolute atomic E-state index is 0.658. The van der Waals surface area contributed by atoms with E-state index in [9.17, 15) is 0 Å². The van der Waals surface area contributed by atoms with Crippen LogP contribution in [-0.4, -0.2) is 41.2 Å². The van der Waals surface area contributed by atoms with E-state index in [4.69, 9.17) is 0 Å². The maximum Gasteiger partial charge on any atom is 0.0491 e. The average Bonchev–Trinajstić information content (AvgIpc) is 3.02. The Morgan fingerprint density at radius 1 is 0.885 bits per heavy atom. The molecule has 2 atom stereocenters. The van der Waals surface area contributed by atoms with Gasteiger partial charge in [-0.2, -0.15) is 0 Å². The molecule has 0 radical (unpaired) electrons. The van der Waals surface area contributed by atoms with E-state index in [0.717, 1.165) is 13.1 Å². The molecule has 0 amide bonds. The Morgan fingerprint density at radius 3 is 2.15 bits per heavy atom. The maximum absolute atomic E-state index is 3.71. The number of para-hydroxylation sites is 2. The molecule has 3 nitrogen and oxygen atoms in total. The smallest absolute Gasteiger partial charge is 0.0491 e. The molecule has 0 spiro atoms. The fourth-order valence-electron chi connectivity index (χ4n) is 4.55. The molecule has 1 saturated heterocycles. The first-order valence-electron chi connectivity index (χ1n) is 10.2. The zero-order valence-corrected chi connectivity index (χ0v) is 16.1. The number of piperazine rings is 1. The minimum Gasteiger partial charge on any atom is -0.340 e. The molecule has 0 aliphatic carbocycles. The Morgan fingerprint density at radius 2 is 1.54 bits per heavy atom. The first-order chi connectivity index (χ1) is 12.8. The summed E-state index contributed by atoms with van der Waals surface area (Å²) in [5, 5.41) is 6.46. The zero-order chi connectivity index (χ0) is 17.9. The minimum atomic E-state index is 0.658. The van der Waals surface area contributed by atoms with Gasteiger partial charge in [-0.3, -0.25) is 4.90 Å². The van der Waals surface area contributed by atoms with Crippen LogP contribution >= 0.6 is 0 Å². The van der Waals surface area contributed by atoms with Crippen molar-refractivity contribution >= 4 is 21.8 Å². The first kappa shape index (κ1) is 17.6. The van der Waals surface area contributed by atoms with Crippen molar-refractivity contribution in [3.8, 4) is 0 Å². The number of hydrogen-bond acceptors (Lipinski definition) is 2. The number of fused-ring (bicyclic) bond motifs is 3. The summed E-state index contributed by atoms with van der Waals surface area (Å²) in [5.41, 5.74) is 2.74. The van der Waals surface area contributed by atoms with Crippen molar-refractivity contribution in [2.75, 3.05) is 19.6 Å². The molecule has 4 rings (SSSR count). The van der Waals surface area contributed by atoms with Crippen molar-refractivity contribution in [3.05, 3.63) is 48.5 Å². The van der Waals surface area contributed by atoms with Gasteiger partial charge in [-0.05, 0) is 31.4 Å². The molecule has 1 N–H and O–H groups in total. The molecule has 1 aliphatic heterocycles. The normalized spacial score (nSPS) is 21.6. The Kier molecular flexibility index (Phi) is 5.28. The van der Waals surface area contributed by atoms with Crippen molar-refractivity contribution in [2.24, 2.45) is 0 Å². The van der Waals surface area contributed by atoms with Crippen LogP contribution in [-0.2, 0) is 6.54 Å². The van der Waals surface area contributed by atoms with E-state index in [0.29, 0.717) is 12.1 Å². The topological polar surface area (TPSA) is 20.2 Å². The highest BCUT2D eigenvalue weighted by Gasteiger charge is 2.25. The van der Waals surface area contributed by atoms with Crippen molar-refractivity contribution in [3.63, 3.8) is 0 Å². The van der Waals surface area contributed by atoms with Crippen molar-refractivity contribution in [1.82, 2.24) is 14.8 Å². The van der Waals surface area contributed by atoms with Crippen LogP contribution in [0.2, 0.25) is 0 Å². The lowest BCUT2D eigenvalue weighted by molar-refractivity contribution is 0.122. The van der Waals surface area contributed by atoms with Gasteiger partial charge in [-0.1, -0.05) is 50.2 Å². The Balaban J connectivity index is 1.52. The van der Waals surface area contributed by atoms with Crippen molar-refractivity contribution < 1.29 is 0 Å². The Labute approximate surface area is 157 Å². The van der Waals surface area contributed by atoms with Gasteiger partial charge in [0.15, 0.2) is 0 Å². The van der Waals surface area contributed by atoms with E-state index in [1.807, 2.05) is 0 Å². The first-order valence-corrected chi connectivity index (χ1v) is 10.2. The third-order valence-electron chi connectivity index (χ3n) is 6.08. The summed E-state index contributed by atoms with van der Waals surface area (Å²) in [4.78, 5) is 2.72. The number of hydrogen-bond donors (Lipinski definition) is 1. The molecule has 0 unspecified atom stereocenters. The molecular formula is C23H31N3. The van der Waals surface area contributed by atoms with Crippen LogP contribution in [0.25, 0.3) is 21.8 Å². The second-order valence-electron chi connectivity index (χ2n) is 7.61. The fraction of sp³-hybridized carbons (Fsp3) is 0.478. The Bertz CT molecular complexity index is 813. The van der Waals surface area contributed by atoms with Gasteiger partial charge in [-0.15, -0.1) is 0 Å². The average molecular weight is 350 g/mol. The summed E-state index contributed by atoms with van der Waals surface area (Å²) in [6.07, 6.45) is 3.66. The molecule has 1 aromatic heterocycles. The summed E-state index contributed by atoms with van der Waals surface area (Å²) in [7, 11) is 0. The number of aromatic nitrogens is 1. The van der Waals surface area contributed by atoms with Crippen LogP contribution in [0.1, 0.15) is 33.1 Å². The van der Waals surface area contributed by atoms with E-state index in [1.165, 1.54) is 54.2 Å². The van der Waals surface area contributed by atoms with Crippen LogP contribution in [0, 0.1) is 0 Å². The Hall–Kier alpha value is -1.84. The summed E-state index contributed by atoms with van der Waals surface area (Å²) in [5.74, 6) is 0. The highest BCUT2D eigenvalue weighted by atomic mass is 15.2. The SMILES string of the molecule is CC[C@H]1CN(CCCn2c3ccccc3c3ccccc32)[C@@H](CC)CN1. The van der Waals surface area contributed by atoms with Crippen molar-refractivity contribution in [2.45, 2.75) is 51.7 Å². The summed E-state index contributed by atoms with van der Waals surface area (Å²) in [6.45, 7) is 9.23. The maximum atomic E-state index is 3.71.